The average Bonchev–Trinajstić information content (AvgIpc) is 2.92. The molecule has 0 unspecified atom stereocenters. The van der Waals surface area contributed by atoms with Crippen molar-refractivity contribution in [2.45, 2.75) is 32.4 Å². The molecule has 112 valence electrons. The zero-order valence-electron chi connectivity index (χ0n) is 12.2. The van der Waals surface area contributed by atoms with Crippen molar-refractivity contribution in [3.8, 4) is 0 Å². The molecule has 6 heteroatoms. The van der Waals surface area contributed by atoms with E-state index in [4.69, 9.17) is 4.74 Å². The van der Waals surface area contributed by atoms with Crippen LogP contribution < -0.4 is 5.32 Å². The van der Waals surface area contributed by atoms with E-state index in [2.05, 4.69) is 10.3 Å². The molecule has 0 spiro atoms. The third-order valence-electron chi connectivity index (χ3n) is 3.58. The summed E-state index contributed by atoms with van der Waals surface area (Å²) >= 11 is 0. The molecule has 0 aromatic carbocycles. The molecule has 1 aromatic heterocycles. The summed E-state index contributed by atoms with van der Waals surface area (Å²) in [7, 11) is 1.68. The number of methoxy groups -OCH3 is 1. The summed E-state index contributed by atoms with van der Waals surface area (Å²) in [5.41, 5.74) is 0. The molecule has 1 aliphatic heterocycles. The molecule has 20 heavy (non-hydrogen) atoms. The fourth-order valence-electron chi connectivity index (χ4n) is 2.41. The molecule has 0 radical (unpaired) electrons. The van der Waals surface area contributed by atoms with Crippen LogP contribution in [0.3, 0.4) is 0 Å². The van der Waals surface area contributed by atoms with Crippen LogP contribution in [0.15, 0.2) is 12.4 Å². The topological polar surface area (TPSA) is 59.4 Å². The molecular weight excluding hydrogens is 256 g/mol. The number of nitrogens with one attached hydrogen (secondary N) is 1. The predicted molar refractivity (Wildman–Crippen MR) is 76.2 cm³/mol. The van der Waals surface area contributed by atoms with Crippen LogP contribution in [0.25, 0.3) is 0 Å². The SMILES string of the molecule is COCCNCc1nccn1CC(=O)N1CCCCC1. The standard InChI is InChI=1S/C14H24N4O2/c1-20-10-6-15-11-13-16-5-9-18(13)12-14(19)17-7-3-2-4-8-17/h5,9,15H,2-4,6-8,10-12H2,1H3. The number of carbonyl (C=O) groups excluding carboxylic acids is 1. The number of aromatic nitrogens is 2. The van der Waals surface area contributed by atoms with Gasteiger partial charge in [0.05, 0.1) is 13.2 Å². The number of hydrogen-bond donors (Lipinski definition) is 1. The first-order chi connectivity index (χ1) is 9.81. The quantitative estimate of drug-likeness (QED) is 0.744. The molecule has 1 saturated heterocycles. The molecule has 6 nitrogen and oxygen atoms in total. The van der Waals surface area contributed by atoms with Gasteiger partial charge in [0.2, 0.25) is 5.91 Å². The van der Waals surface area contributed by atoms with Crippen LogP contribution in [0, 0.1) is 0 Å². The van der Waals surface area contributed by atoms with Crippen molar-refractivity contribution in [3.05, 3.63) is 18.2 Å². The maximum atomic E-state index is 12.2. The number of hydrogen-bond acceptors (Lipinski definition) is 4. The highest BCUT2D eigenvalue weighted by atomic mass is 16.5. The van der Waals surface area contributed by atoms with Gasteiger partial charge in [-0.05, 0) is 19.3 Å². The number of ether oxygens (including phenoxy) is 1. The van der Waals surface area contributed by atoms with Gasteiger partial charge in [0, 0.05) is 39.1 Å². The maximum Gasteiger partial charge on any atom is 0.242 e. The van der Waals surface area contributed by atoms with Crippen molar-refractivity contribution in [2.75, 3.05) is 33.4 Å². The number of carbonyl (C=O) groups is 1. The van der Waals surface area contributed by atoms with Gasteiger partial charge in [0.15, 0.2) is 0 Å². The van der Waals surface area contributed by atoms with E-state index in [1.54, 1.807) is 13.3 Å². The van der Waals surface area contributed by atoms with Gasteiger partial charge in [0.25, 0.3) is 0 Å². The zero-order chi connectivity index (χ0) is 14.2. The Hall–Kier alpha value is -1.40. The summed E-state index contributed by atoms with van der Waals surface area (Å²) in [4.78, 5) is 18.5. The Kier molecular flexibility index (Phi) is 6.01. The van der Waals surface area contributed by atoms with E-state index in [1.165, 1.54) is 6.42 Å². The summed E-state index contributed by atoms with van der Waals surface area (Å²) < 4.78 is 6.91. The summed E-state index contributed by atoms with van der Waals surface area (Å²) in [5, 5.41) is 3.25. The van der Waals surface area contributed by atoms with E-state index >= 15 is 0 Å². The van der Waals surface area contributed by atoms with Crippen molar-refractivity contribution in [2.24, 2.45) is 0 Å². The van der Waals surface area contributed by atoms with E-state index in [0.717, 1.165) is 38.3 Å². The number of amides is 1. The number of piperidine rings is 1. The van der Waals surface area contributed by atoms with Gasteiger partial charge in [-0.25, -0.2) is 4.98 Å². The second-order valence-corrected chi connectivity index (χ2v) is 5.08. The highest BCUT2D eigenvalue weighted by Crippen LogP contribution is 2.10. The van der Waals surface area contributed by atoms with Gasteiger partial charge in [-0.1, -0.05) is 0 Å². The Morgan fingerprint density at radius 3 is 2.95 bits per heavy atom. The molecule has 1 amide bonds. The minimum atomic E-state index is 0.195. The Balaban J connectivity index is 1.82. The molecule has 1 N–H and O–H groups in total. The van der Waals surface area contributed by atoms with E-state index < -0.39 is 0 Å². The van der Waals surface area contributed by atoms with Gasteiger partial charge in [0.1, 0.15) is 12.4 Å². The van der Waals surface area contributed by atoms with Crippen molar-refractivity contribution >= 4 is 5.91 Å². The molecule has 0 saturated carbocycles. The Labute approximate surface area is 120 Å². The molecular formula is C14H24N4O2. The molecule has 0 atom stereocenters. The van der Waals surface area contributed by atoms with Crippen LogP contribution in [0.5, 0.6) is 0 Å². The minimum absolute atomic E-state index is 0.195. The lowest BCUT2D eigenvalue weighted by Gasteiger charge is -2.27. The fraction of sp³-hybridized carbons (Fsp3) is 0.714. The lowest BCUT2D eigenvalue weighted by atomic mass is 10.1. The van der Waals surface area contributed by atoms with Crippen LogP contribution in [0.1, 0.15) is 25.1 Å². The van der Waals surface area contributed by atoms with Crippen LogP contribution in [-0.2, 0) is 22.6 Å². The third kappa shape index (κ3) is 4.31. The average molecular weight is 280 g/mol. The number of rotatable bonds is 7. The summed E-state index contributed by atoms with van der Waals surface area (Å²) in [6.45, 7) is 4.30. The van der Waals surface area contributed by atoms with E-state index in [0.29, 0.717) is 19.7 Å². The van der Waals surface area contributed by atoms with Gasteiger partial charge < -0.3 is 19.5 Å². The van der Waals surface area contributed by atoms with E-state index in [-0.39, 0.29) is 5.91 Å². The van der Waals surface area contributed by atoms with Crippen molar-refractivity contribution in [1.82, 2.24) is 19.8 Å². The predicted octanol–water partition coefficient (Wildman–Crippen LogP) is 0.632. The highest BCUT2D eigenvalue weighted by Gasteiger charge is 2.17. The Bertz CT molecular complexity index is 413. The fourth-order valence-corrected chi connectivity index (χ4v) is 2.41. The first-order valence-electron chi connectivity index (χ1n) is 7.28. The van der Waals surface area contributed by atoms with Gasteiger partial charge >= 0.3 is 0 Å². The summed E-state index contributed by atoms with van der Waals surface area (Å²) in [6.07, 6.45) is 7.11. The number of imidazole rings is 1. The summed E-state index contributed by atoms with van der Waals surface area (Å²) in [5.74, 6) is 1.09. The summed E-state index contributed by atoms with van der Waals surface area (Å²) in [6, 6.07) is 0. The molecule has 1 fully saturated rings. The molecule has 0 bridgehead atoms. The molecule has 1 aliphatic rings. The maximum absolute atomic E-state index is 12.2. The largest absolute Gasteiger partial charge is 0.383 e. The number of nitrogens with zero attached hydrogens (tertiary/aromatic N) is 3. The molecule has 1 aromatic rings. The van der Waals surface area contributed by atoms with Crippen molar-refractivity contribution in [1.29, 1.82) is 0 Å². The Morgan fingerprint density at radius 1 is 1.40 bits per heavy atom. The Morgan fingerprint density at radius 2 is 2.20 bits per heavy atom. The second kappa shape index (κ2) is 8.01. The normalized spacial score (nSPS) is 15.6. The third-order valence-corrected chi connectivity index (χ3v) is 3.58. The van der Waals surface area contributed by atoms with Crippen LogP contribution >= 0.6 is 0 Å². The van der Waals surface area contributed by atoms with Gasteiger partial charge in [-0.3, -0.25) is 4.79 Å². The van der Waals surface area contributed by atoms with Gasteiger partial charge in [-0.2, -0.15) is 0 Å². The second-order valence-electron chi connectivity index (χ2n) is 5.08. The molecule has 0 aliphatic carbocycles. The van der Waals surface area contributed by atoms with Crippen molar-refractivity contribution < 1.29 is 9.53 Å². The van der Waals surface area contributed by atoms with Crippen LogP contribution in [-0.4, -0.2) is 53.7 Å². The minimum Gasteiger partial charge on any atom is -0.383 e. The first kappa shape index (κ1) is 15.0. The van der Waals surface area contributed by atoms with Crippen molar-refractivity contribution in [3.63, 3.8) is 0 Å². The van der Waals surface area contributed by atoms with E-state index in [9.17, 15) is 4.79 Å². The monoisotopic (exact) mass is 280 g/mol. The van der Waals surface area contributed by atoms with E-state index in [1.807, 2.05) is 15.7 Å². The lowest BCUT2D eigenvalue weighted by molar-refractivity contribution is -0.132. The van der Waals surface area contributed by atoms with Crippen LogP contribution in [0.4, 0.5) is 0 Å². The number of likely N-dealkylation sites (tertiary alicyclic amines) is 1. The smallest absolute Gasteiger partial charge is 0.242 e. The first-order valence-corrected chi connectivity index (χ1v) is 7.28. The molecule has 2 rings (SSSR count). The molecule has 2 heterocycles. The zero-order valence-corrected chi connectivity index (χ0v) is 12.2. The van der Waals surface area contributed by atoms with Crippen LogP contribution in [0.2, 0.25) is 0 Å². The van der Waals surface area contributed by atoms with Gasteiger partial charge in [-0.15, -0.1) is 0 Å². The lowest BCUT2D eigenvalue weighted by Crippen LogP contribution is -2.38. The highest BCUT2D eigenvalue weighted by molar-refractivity contribution is 5.76.